The van der Waals surface area contributed by atoms with Crippen LogP contribution in [0.3, 0.4) is 0 Å². The molecule has 1 unspecified atom stereocenters. The highest BCUT2D eigenvalue weighted by Crippen LogP contribution is 2.31. The molecule has 4 nitrogen and oxygen atoms in total. The first-order valence-electron chi connectivity index (χ1n) is 3.58. The Bertz CT molecular complexity index is 302. The lowest BCUT2D eigenvalue weighted by Gasteiger charge is -2.24. The summed E-state index contributed by atoms with van der Waals surface area (Å²) < 4.78 is 4.94. The van der Waals surface area contributed by atoms with E-state index in [1.807, 2.05) is 0 Å². The van der Waals surface area contributed by atoms with Gasteiger partial charge in [0.2, 0.25) is 5.91 Å². The Hall–Kier alpha value is -1.10. The summed E-state index contributed by atoms with van der Waals surface area (Å²) in [5.74, 6) is 0.104. The Labute approximate surface area is 73.6 Å². The van der Waals surface area contributed by atoms with Crippen LogP contribution in [0.4, 0.5) is 0 Å². The highest BCUT2D eigenvalue weighted by Gasteiger charge is 2.28. The molecular formula is C7H8N2O2S. The molecule has 0 aliphatic carbocycles. The number of hydrogen-bond donors (Lipinski definition) is 1. The van der Waals surface area contributed by atoms with Gasteiger partial charge in [-0.15, -0.1) is 0 Å². The van der Waals surface area contributed by atoms with Gasteiger partial charge in [-0.2, -0.15) is 0 Å². The summed E-state index contributed by atoms with van der Waals surface area (Å²) in [6.45, 7) is 0. The van der Waals surface area contributed by atoms with Gasteiger partial charge in [-0.05, 0) is 0 Å². The summed E-state index contributed by atoms with van der Waals surface area (Å²) in [4.78, 5) is 15.7. The normalized spacial score (nSPS) is 21.4. The van der Waals surface area contributed by atoms with Gasteiger partial charge in [0.15, 0.2) is 0 Å². The highest BCUT2D eigenvalue weighted by molar-refractivity contribution is 7.13. The minimum atomic E-state index is 0.104. The van der Waals surface area contributed by atoms with E-state index in [0.29, 0.717) is 11.6 Å². The third-order valence-electron chi connectivity index (χ3n) is 1.75. The zero-order valence-corrected chi connectivity index (χ0v) is 7.35. The Balaban J connectivity index is 2.08. The van der Waals surface area contributed by atoms with Gasteiger partial charge in [0, 0.05) is 6.20 Å². The predicted octanol–water partition coefficient (Wildman–Crippen LogP) is 0.713. The third-order valence-corrected chi connectivity index (χ3v) is 2.82. The van der Waals surface area contributed by atoms with Crippen molar-refractivity contribution in [3.63, 3.8) is 0 Å². The lowest BCUT2D eigenvalue weighted by atomic mass is 10.1. The number of β-lactam (4-membered cyclic amide) rings is 1. The average Bonchev–Trinajstić information content (AvgIpc) is 2.46. The maximum absolute atomic E-state index is 10.6. The van der Waals surface area contributed by atoms with Crippen molar-refractivity contribution in [2.24, 2.45) is 0 Å². The molecule has 64 valence electrons. The van der Waals surface area contributed by atoms with E-state index in [0.717, 1.165) is 4.88 Å². The number of amides is 1. The topological polar surface area (TPSA) is 51.2 Å². The molecule has 0 spiro atoms. The Morgan fingerprint density at radius 3 is 3.08 bits per heavy atom. The van der Waals surface area contributed by atoms with Crippen LogP contribution >= 0.6 is 11.3 Å². The fourth-order valence-electron chi connectivity index (χ4n) is 1.06. The number of carbonyl (C=O) groups is 1. The smallest absolute Gasteiger partial charge is 0.273 e. The molecule has 2 heterocycles. The first-order chi connectivity index (χ1) is 5.79. The lowest BCUT2D eigenvalue weighted by Crippen LogP contribution is -2.40. The minimum Gasteiger partial charge on any atom is -0.473 e. The highest BCUT2D eigenvalue weighted by atomic mass is 32.1. The van der Waals surface area contributed by atoms with E-state index in [2.05, 4.69) is 10.3 Å². The molecule has 1 fully saturated rings. The molecule has 1 aliphatic rings. The molecule has 1 aromatic heterocycles. The van der Waals surface area contributed by atoms with Crippen molar-refractivity contribution in [2.45, 2.75) is 12.5 Å². The van der Waals surface area contributed by atoms with Crippen LogP contribution in [0.15, 0.2) is 6.20 Å². The largest absolute Gasteiger partial charge is 0.473 e. The van der Waals surface area contributed by atoms with Crippen LogP contribution in [0, 0.1) is 0 Å². The maximum atomic E-state index is 10.6. The number of thiazole rings is 1. The van der Waals surface area contributed by atoms with E-state index < -0.39 is 0 Å². The molecule has 2 rings (SSSR count). The molecule has 1 amide bonds. The summed E-state index contributed by atoms with van der Waals surface area (Å²) in [5.41, 5.74) is 0. The Kier molecular flexibility index (Phi) is 1.73. The number of nitrogens with one attached hydrogen (secondary N) is 1. The van der Waals surface area contributed by atoms with Gasteiger partial charge in [0.25, 0.3) is 5.19 Å². The lowest BCUT2D eigenvalue weighted by molar-refractivity contribution is -0.128. The van der Waals surface area contributed by atoms with Crippen LogP contribution in [0.25, 0.3) is 0 Å². The van der Waals surface area contributed by atoms with Crippen molar-refractivity contribution in [1.82, 2.24) is 10.3 Å². The molecule has 0 bridgehead atoms. The second-order valence-electron chi connectivity index (χ2n) is 2.56. The van der Waals surface area contributed by atoms with Gasteiger partial charge in [0.05, 0.1) is 24.4 Å². The van der Waals surface area contributed by atoms with Gasteiger partial charge < -0.3 is 10.1 Å². The number of carbonyl (C=O) groups excluding carboxylic acids is 1. The first kappa shape index (κ1) is 7.54. The molecule has 1 aromatic rings. The van der Waals surface area contributed by atoms with Gasteiger partial charge in [-0.25, -0.2) is 4.98 Å². The molecule has 1 atom stereocenters. The summed E-state index contributed by atoms with van der Waals surface area (Å²) in [7, 11) is 1.59. The van der Waals surface area contributed by atoms with Crippen molar-refractivity contribution >= 4 is 17.2 Å². The molecule has 0 saturated carbocycles. The van der Waals surface area contributed by atoms with Crippen molar-refractivity contribution in [3.8, 4) is 5.19 Å². The predicted molar refractivity (Wildman–Crippen MR) is 44.2 cm³/mol. The third kappa shape index (κ3) is 1.16. The fourth-order valence-corrected chi connectivity index (χ4v) is 1.84. The zero-order valence-electron chi connectivity index (χ0n) is 6.53. The molecule has 0 radical (unpaired) electrons. The molecule has 1 saturated heterocycles. The summed E-state index contributed by atoms with van der Waals surface area (Å²) >= 11 is 1.47. The van der Waals surface area contributed by atoms with Crippen molar-refractivity contribution in [2.75, 3.05) is 7.11 Å². The molecule has 0 aromatic carbocycles. The summed E-state index contributed by atoms with van der Waals surface area (Å²) in [6, 6.07) is 0.166. The van der Waals surface area contributed by atoms with Crippen molar-refractivity contribution in [1.29, 1.82) is 0 Å². The second-order valence-corrected chi connectivity index (χ2v) is 3.58. The Morgan fingerprint density at radius 2 is 2.58 bits per heavy atom. The van der Waals surface area contributed by atoms with E-state index in [1.54, 1.807) is 13.3 Å². The van der Waals surface area contributed by atoms with E-state index in [9.17, 15) is 4.79 Å². The average molecular weight is 184 g/mol. The van der Waals surface area contributed by atoms with Crippen LogP contribution in [0.1, 0.15) is 17.3 Å². The number of aromatic nitrogens is 1. The van der Waals surface area contributed by atoms with Crippen LogP contribution in [0.5, 0.6) is 5.19 Å². The van der Waals surface area contributed by atoms with E-state index in [4.69, 9.17) is 4.74 Å². The Morgan fingerprint density at radius 1 is 1.83 bits per heavy atom. The van der Waals surface area contributed by atoms with Gasteiger partial charge in [0.1, 0.15) is 0 Å². The van der Waals surface area contributed by atoms with E-state index in [-0.39, 0.29) is 11.9 Å². The van der Waals surface area contributed by atoms with Gasteiger partial charge >= 0.3 is 0 Å². The van der Waals surface area contributed by atoms with Crippen LogP contribution in [0.2, 0.25) is 0 Å². The van der Waals surface area contributed by atoms with E-state index >= 15 is 0 Å². The van der Waals surface area contributed by atoms with Crippen LogP contribution < -0.4 is 10.1 Å². The second kappa shape index (κ2) is 2.75. The number of rotatable bonds is 2. The quantitative estimate of drug-likeness (QED) is 0.689. The molecular weight excluding hydrogens is 176 g/mol. The zero-order chi connectivity index (χ0) is 8.55. The summed E-state index contributed by atoms with van der Waals surface area (Å²) in [5, 5.41) is 3.42. The first-order valence-corrected chi connectivity index (χ1v) is 4.40. The SMILES string of the molecule is COc1ncc(C2CC(=O)N2)s1. The molecule has 1 aliphatic heterocycles. The minimum absolute atomic E-state index is 0.104. The van der Waals surface area contributed by atoms with Gasteiger partial charge in [-0.1, -0.05) is 11.3 Å². The molecule has 5 heteroatoms. The fraction of sp³-hybridized carbons (Fsp3) is 0.429. The number of nitrogens with zero attached hydrogens (tertiary/aromatic N) is 1. The molecule has 1 N–H and O–H groups in total. The van der Waals surface area contributed by atoms with Crippen LogP contribution in [-0.2, 0) is 4.79 Å². The molecule has 12 heavy (non-hydrogen) atoms. The maximum Gasteiger partial charge on any atom is 0.273 e. The van der Waals surface area contributed by atoms with Gasteiger partial charge in [-0.3, -0.25) is 4.79 Å². The van der Waals surface area contributed by atoms with E-state index in [1.165, 1.54) is 11.3 Å². The van der Waals surface area contributed by atoms with Crippen LogP contribution in [-0.4, -0.2) is 18.0 Å². The summed E-state index contributed by atoms with van der Waals surface area (Å²) in [6.07, 6.45) is 2.32. The number of ether oxygens (including phenoxy) is 1. The number of methoxy groups -OCH3 is 1. The van der Waals surface area contributed by atoms with Crippen molar-refractivity contribution in [3.05, 3.63) is 11.1 Å². The monoisotopic (exact) mass is 184 g/mol. The standard InChI is InChI=1S/C7H8N2O2S/c1-11-7-8-3-5(12-7)4-2-6(10)9-4/h3-4H,2H2,1H3,(H,9,10). The van der Waals surface area contributed by atoms with Crippen molar-refractivity contribution < 1.29 is 9.53 Å². The number of hydrogen-bond acceptors (Lipinski definition) is 4.